The van der Waals surface area contributed by atoms with E-state index >= 15 is 0 Å². The standard InChI is InChI=1S/C11H14N5O5PS/c12-9-6-10(14-2-13-9)16(3-15-6)11-8(19-4-23)7(17)5(21-11)1-20-22-18/h2-3,5,7-8,11,17,23H,1,4H2,(H2,12,13,14)/t5-,7-,8-,11-/m1/s1. The third-order valence-electron chi connectivity index (χ3n) is 3.53. The van der Waals surface area contributed by atoms with Gasteiger partial charge in [-0.05, 0) is 0 Å². The van der Waals surface area contributed by atoms with Gasteiger partial charge in [0.1, 0.15) is 30.2 Å². The number of anilines is 1. The van der Waals surface area contributed by atoms with Crippen LogP contribution in [0.2, 0.25) is 0 Å². The van der Waals surface area contributed by atoms with Crippen LogP contribution < -0.4 is 5.73 Å². The van der Waals surface area contributed by atoms with E-state index < -0.39 is 33.2 Å². The fourth-order valence-electron chi connectivity index (χ4n) is 2.51. The Kier molecular flexibility index (Phi) is 5.05. The molecular formula is C11H14N5O5PS. The predicted octanol–water partition coefficient (Wildman–Crippen LogP) is 0.163. The number of aliphatic hydroxyl groups excluding tert-OH is 1. The predicted molar refractivity (Wildman–Crippen MR) is 81.9 cm³/mol. The quantitative estimate of drug-likeness (QED) is 0.374. The molecule has 1 saturated heterocycles. The van der Waals surface area contributed by atoms with Crippen LogP contribution in [0.3, 0.4) is 0 Å². The van der Waals surface area contributed by atoms with Crippen molar-refractivity contribution in [2.75, 3.05) is 18.3 Å². The van der Waals surface area contributed by atoms with Crippen LogP contribution >= 0.6 is 21.3 Å². The van der Waals surface area contributed by atoms with Crippen molar-refractivity contribution in [3.05, 3.63) is 12.7 Å². The molecule has 0 aromatic carbocycles. The largest absolute Gasteiger partial charge is 0.387 e. The van der Waals surface area contributed by atoms with Gasteiger partial charge >= 0.3 is 8.69 Å². The van der Waals surface area contributed by atoms with Crippen LogP contribution in [-0.2, 0) is 18.6 Å². The average Bonchev–Trinajstić information content (AvgIpc) is 3.10. The lowest BCUT2D eigenvalue weighted by molar-refractivity contribution is -0.0580. The molecule has 3 rings (SSSR count). The Balaban J connectivity index is 1.94. The second-order valence-electron chi connectivity index (χ2n) is 4.77. The molecule has 4 atom stereocenters. The number of imidazole rings is 1. The first-order valence-corrected chi connectivity index (χ1v) is 7.97. The minimum absolute atomic E-state index is 0.0566. The number of aromatic nitrogens is 4. The number of nitrogens with zero attached hydrogens (tertiary/aromatic N) is 4. The summed E-state index contributed by atoms with van der Waals surface area (Å²) >= 11 is 4.02. The second-order valence-corrected chi connectivity index (χ2v) is 5.43. The zero-order chi connectivity index (χ0) is 16.4. The Bertz CT molecular complexity index is 702. The van der Waals surface area contributed by atoms with Crippen LogP contribution in [0.1, 0.15) is 6.23 Å². The SMILES string of the molecule is Nc1ncnc2c1ncn2[C@@H]1O[C@H](COP=O)[C@@H](O)[C@H]1OCS. The van der Waals surface area contributed by atoms with E-state index in [2.05, 4.69) is 27.6 Å². The van der Waals surface area contributed by atoms with Crippen molar-refractivity contribution in [1.82, 2.24) is 19.5 Å². The third-order valence-corrected chi connectivity index (χ3v) is 3.94. The highest BCUT2D eigenvalue weighted by Gasteiger charge is 2.46. The fourth-order valence-corrected chi connectivity index (χ4v) is 2.89. The number of nitrogen functional groups attached to an aromatic ring is 1. The van der Waals surface area contributed by atoms with Crippen LogP contribution in [0.25, 0.3) is 11.2 Å². The Morgan fingerprint density at radius 1 is 1.48 bits per heavy atom. The van der Waals surface area contributed by atoms with E-state index in [0.29, 0.717) is 11.2 Å². The maximum absolute atomic E-state index is 10.4. The Labute approximate surface area is 137 Å². The molecule has 1 fully saturated rings. The zero-order valence-corrected chi connectivity index (χ0v) is 13.5. The van der Waals surface area contributed by atoms with Gasteiger partial charge in [0.2, 0.25) is 0 Å². The molecule has 2 aromatic rings. The van der Waals surface area contributed by atoms with Gasteiger partial charge in [0.25, 0.3) is 0 Å². The summed E-state index contributed by atoms with van der Waals surface area (Å²) in [6.07, 6.45) is -0.358. The lowest BCUT2D eigenvalue weighted by atomic mass is 10.1. The van der Waals surface area contributed by atoms with Crippen molar-refractivity contribution in [2.45, 2.75) is 24.5 Å². The molecule has 12 heteroatoms. The number of ether oxygens (including phenoxy) is 2. The summed E-state index contributed by atoms with van der Waals surface area (Å²) in [4.78, 5) is 12.2. The van der Waals surface area contributed by atoms with Gasteiger partial charge in [-0.25, -0.2) is 19.5 Å². The van der Waals surface area contributed by atoms with Crippen LogP contribution in [-0.4, -0.2) is 55.5 Å². The van der Waals surface area contributed by atoms with Crippen molar-refractivity contribution in [2.24, 2.45) is 0 Å². The number of aliphatic hydroxyl groups is 1. The maximum Gasteiger partial charge on any atom is 0.327 e. The molecule has 0 aliphatic carbocycles. The van der Waals surface area contributed by atoms with Crippen LogP contribution in [0, 0.1) is 0 Å². The molecule has 3 N–H and O–H groups in total. The Hall–Kier alpha value is -1.36. The van der Waals surface area contributed by atoms with Crippen LogP contribution in [0.15, 0.2) is 12.7 Å². The Morgan fingerprint density at radius 2 is 2.30 bits per heavy atom. The molecule has 3 heterocycles. The lowest BCUT2D eigenvalue weighted by Crippen LogP contribution is -2.35. The number of thiol groups is 1. The van der Waals surface area contributed by atoms with E-state index in [4.69, 9.17) is 19.7 Å². The number of rotatable bonds is 6. The molecule has 23 heavy (non-hydrogen) atoms. The average molecular weight is 359 g/mol. The van der Waals surface area contributed by atoms with Gasteiger partial charge in [-0.15, -0.1) is 0 Å². The minimum Gasteiger partial charge on any atom is -0.387 e. The molecule has 0 amide bonds. The highest BCUT2D eigenvalue weighted by atomic mass is 32.1. The number of fused-ring (bicyclic) bond motifs is 1. The van der Waals surface area contributed by atoms with E-state index in [-0.39, 0.29) is 18.4 Å². The molecular weight excluding hydrogens is 345 g/mol. The molecule has 124 valence electrons. The summed E-state index contributed by atoms with van der Waals surface area (Å²) in [5.74, 6) is 0.322. The van der Waals surface area contributed by atoms with E-state index in [9.17, 15) is 9.67 Å². The summed E-state index contributed by atoms with van der Waals surface area (Å²) in [6.45, 7) is -0.0566. The van der Waals surface area contributed by atoms with E-state index in [0.717, 1.165) is 0 Å². The molecule has 0 radical (unpaired) electrons. The van der Waals surface area contributed by atoms with Gasteiger partial charge in [0.15, 0.2) is 17.7 Å². The van der Waals surface area contributed by atoms with Gasteiger partial charge < -0.3 is 20.3 Å². The smallest absolute Gasteiger partial charge is 0.327 e. The topological polar surface area (TPSA) is 135 Å². The third kappa shape index (κ3) is 3.03. The molecule has 2 aromatic heterocycles. The van der Waals surface area contributed by atoms with Gasteiger partial charge in [-0.1, -0.05) is 0 Å². The van der Waals surface area contributed by atoms with E-state index in [1.54, 1.807) is 4.57 Å². The van der Waals surface area contributed by atoms with Crippen LogP contribution in [0.4, 0.5) is 5.82 Å². The lowest BCUT2D eigenvalue weighted by Gasteiger charge is -2.21. The van der Waals surface area contributed by atoms with Gasteiger partial charge in [-0.2, -0.15) is 12.6 Å². The van der Waals surface area contributed by atoms with Crippen molar-refractivity contribution in [3.63, 3.8) is 0 Å². The first kappa shape index (κ1) is 16.5. The summed E-state index contributed by atoms with van der Waals surface area (Å²) in [5, 5.41) is 10.3. The summed E-state index contributed by atoms with van der Waals surface area (Å²) < 4.78 is 28.1. The summed E-state index contributed by atoms with van der Waals surface area (Å²) in [6, 6.07) is 0. The van der Waals surface area contributed by atoms with Gasteiger partial charge in [-0.3, -0.25) is 9.09 Å². The normalized spacial score (nSPS) is 27.9. The van der Waals surface area contributed by atoms with Crippen molar-refractivity contribution in [3.8, 4) is 0 Å². The maximum atomic E-state index is 10.4. The highest BCUT2D eigenvalue weighted by Crippen LogP contribution is 2.34. The molecule has 0 bridgehead atoms. The monoisotopic (exact) mass is 359 g/mol. The molecule has 0 saturated carbocycles. The first-order chi connectivity index (χ1) is 11.2. The fraction of sp³-hybridized carbons (Fsp3) is 0.545. The zero-order valence-electron chi connectivity index (χ0n) is 11.7. The minimum atomic E-state index is -0.995. The number of hydrogen-bond donors (Lipinski definition) is 3. The first-order valence-electron chi connectivity index (χ1n) is 6.61. The molecule has 0 unspecified atom stereocenters. The highest BCUT2D eigenvalue weighted by molar-refractivity contribution is 7.80. The molecule has 1 aliphatic heterocycles. The van der Waals surface area contributed by atoms with Gasteiger partial charge in [0.05, 0.1) is 18.9 Å². The van der Waals surface area contributed by atoms with E-state index in [1.807, 2.05) is 0 Å². The van der Waals surface area contributed by atoms with Crippen molar-refractivity contribution < 1.29 is 23.7 Å². The van der Waals surface area contributed by atoms with Crippen molar-refractivity contribution >= 4 is 38.3 Å². The second kappa shape index (κ2) is 7.04. The van der Waals surface area contributed by atoms with E-state index in [1.165, 1.54) is 12.7 Å². The molecule has 1 aliphatic rings. The van der Waals surface area contributed by atoms with Crippen molar-refractivity contribution in [1.29, 1.82) is 0 Å². The van der Waals surface area contributed by atoms with Gasteiger partial charge in [0, 0.05) is 0 Å². The number of hydrogen-bond acceptors (Lipinski definition) is 10. The molecule has 0 spiro atoms. The Morgan fingerprint density at radius 3 is 3.04 bits per heavy atom. The van der Waals surface area contributed by atoms with Crippen LogP contribution in [0.5, 0.6) is 0 Å². The summed E-state index contributed by atoms with van der Waals surface area (Å²) in [7, 11) is -0.492. The molecule has 10 nitrogen and oxygen atoms in total. The number of nitrogens with two attached hydrogens (primary N) is 1. The summed E-state index contributed by atoms with van der Waals surface area (Å²) in [5.41, 5.74) is 6.64.